The standard InChI is InChI=1S/C15H25NO3/c1-2-17-11-6-9-16-10-12-18-13-14-19-15-7-4-3-5-8-15/h3-5,7-8,16H,2,6,9-14H2,1H3. The van der Waals surface area contributed by atoms with Crippen LogP contribution in [0.15, 0.2) is 30.3 Å². The summed E-state index contributed by atoms with van der Waals surface area (Å²) in [6, 6.07) is 9.78. The molecule has 0 unspecified atom stereocenters. The molecule has 0 aliphatic carbocycles. The minimum atomic E-state index is 0.592. The fourth-order valence-corrected chi connectivity index (χ4v) is 1.55. The second kappa shape index (κ2) is 12.0. The molecule has 0 aliphatic rings. The summed E-state index contributed by atoms with van der Waals surface area (Å²) in [4.78, 5) is 0. The molecule has 0 amide bonds. The maximum atomic E-state index is 5.52. The number of ether oxygens (including phenoxy) is 3. The summed E-state index contributed by atoms with van der Waals surface area (Å²) in [6.45, 7) is 7.41. The van der Waals surface area contributed by atoms with Gasteiger partial charge in [0.25, 0.3) is 0 Å². The molecule has 0 aliphatic heterocycles. The van der Waals surface area contributed by atoms with Gasteiger partial charge < -0.3 is 19.5 Å². The fourth-order valence-electron chi connectivity index (χ4n) is 1.55. The van der Waals surface area contributed by atoms with Crippen molar-refractivity contribution in [3.63, 3.8) is 0 Å². The Morgan fingerprint density at radius 3 is 2.53 bits per heavy atom. The number of benzene rings is 1. The van der Waals surface area contributed by atoms with Gasteiger partial charge in [0.05, 0.1) is 13.2 Å². The van der Waals surface area contributed by atoms with Crippen molar-refractivity contribution in [2.45, 2.75) is 13.3 Å². The van der Waals surface area contributed by atoms with E-state index in [-0.39, 0.29) is 0 Å². The zero-order valence-electron chi connectivity index (χ0n) is 11.8. The van der Waals surface area contributed by atoms with Crippen molar-refractivity contribution in [1.82, 2.24) is 5.32 Å². The number of rotatable bonds is 12. The van der Waals surface area contributed by atoms with E-state index in [0.29, 0.717) is 19.8 Å². The maximum absolute atomic E-state index is 5.52. The van der Waals surface area contributed by atoms with Crippen LogP contribution in [0.4, 0.5) is 0 Å². The highest BCUT2D eigenvalue weighted by molar-refractivity contribution is 5.20. The molecule has 0 spiro atoms. The molecule has 1 N–H and O–H groups in total. The number of hydrogen-bond donors (Lipinski definition) is 1. The van der Waals surface area contributed by atoms with Crippen LogP contribution < -0.4 is 10.1 Å². The summed E-state index contributed by atoms with van der Waals surface area (Å²) in [5, 5.41) is 3.31. The third kappa shape index (κ3) is 9.47. The van der Waals surface area contributed by atoms with Gasteiger partial charge in [0, 0.05) is 19.8 Å². The highest BCUT2D eigenvalue weighted by atomic mass is 16.5. The molecule has 4 heteroatoms. The van der Waals surface area contributed by atoms with Crippen LogP contribution in [-0.4, -0.2) is 46.1 Å². The van der Waals surface area contributed by atoms with Gasteiger partial charge in [0.1, 0.15) is 12.4 Å². The van der Waals surface area contributed by atoms with Crippen molar-refractivity contribution in [2.75, 3.05) is 46.1 Å². The Bertz CT molecular complexity index is 293. The fraction of sp³-hybridized carbons (Fsp3) is 0.600. The van der Waals surface area contributed by atoms with Crippen molar-refractivity contribution >= 4 is 0 Å². The first-order valence-corrected chi connectivity index (χ1v) is 6.97. The topological polar surface area (TPSA) is 39.7 Å². The van der Waals surface area contributed by atoms with Gasteiger partial charge in [-0.3, -0.25) is 0 Å². The van der Waals surface area contributed by atoms with Gasteiger partial charge >= 0.3 is 0 Å². The van der Waals surface area contributed by atoms with Crippen LogP contribution in [0.2, 0.25) is 0 Å². The molecule has 0 atom stereocenters. The lowest BCUT2D eigenvalue weighted by molar-refractivity contribution is 0.101. The lowest BCUT2D eigenvalue weighted by Crippen LogP contribution is -2.22. The molecule has 19 heavy (non-hydrogen) atoms. The van der Waals surface area contributed by atoms with Crippen molar-refractivity contribution in [2.24, 2.45) is 0 Å². The summed E-state index contributed by atoms with van der Waals surface area (Å²) >= 11 is 0. The third-order valence-corrected chi connectivity index (χ3v) is 2.51. The normalized spacial score (nSPS) is 10.6. The molecular weight excluding hydrogens is 242 g/mol. The van der Waals surface area contributed by atoms with Gasteiger partial charge in [-0.2, -0.15) is 0 Å². The van der Waals surface area contributed by atoms with Crippen molar-refractivity contribution in [3.8, 4) is 5.75 Å². The summed E-state index contributed by atoms with van der Waals surface area (Å²) in [5.41, 5.74) is 0. The Morgan fingerprint density at radius 2 is 1.74 bits per heavy atom. The molecule has 0 radical (unpaired) electrons. The van der Waals surface area contributed by atoms with Gasteiger partial charge in [-0.05, 0) is 32.0 Å². The molecule has 108 valence electrons. The SMILES string of the molecule is CCOCCCNCCOCCOc1ccccc1. The van der Waals surface area contributed by atoms with E-state index in [2.05, 4.69) is 5.32 Å². The molecule has 0 bridgehead atoms. The second-order valence-electron chi connectivity index (χ2n) is 4.07. The maximum Gasteiger partial charge on any atom is 0.119 e. The minimum absolute atomic E-state index is 0.592. The summed E-state index contributed by atoms with van der Waals surface area (Å²) < 4.78 is 16.2. The molecule has 0 aromatic heterocycles. The van der Waals surface area contributed by atoms with E-state index in [1.165, 1.54) is 0 Å². The summed E-state index contributed by atoms with van der Waals surface area (Å²) in [6.07, 6.45) is 1.05. The lowest BCUT2D eigenvalue weighted by atomic mass is 10.3. The van der Waals surface area contributed by atoms with Crippen LogP contribution in [-0.2, 0) is 9.47 Å². The van der Waals surface area contributed by atoms with Gasteiger partial charge in [-0.15, -0.1) is 0 Å². The Kier molecular flexibility index (Phi) is 10.0. The van der Waals surface area contributed by atoms with Crippen LogP contribution in [0.25, 0.3) is 0 Å². The highest BCUT2D eigenvalue weighted by Gasteiger charge is 1.93. The first-order valence-electron chi connectivity index (χ1n) is 6.97. The minimum Gasteiger partial charge on any atom is -0.491 e. The first kappa shape index (κ1) is 16.0. The van der Waals surface area contributed by atoms with E-state index in [1.807, 2.05) is 37.3 Å². The Balaban J connectivity index is 1.79. The van der Waals surface area contributed by atoms with E-state index in [1.54, 1.807) is 0 Å². The van der Waals surface area contributed by atoms with E-state index in [9.17, 15) is 0 Å². The molecule has 1 aromatic rings. The molecule has 4 nitrogen and oxygen atoms in total. The Hall–Kier alpha value is -1.10. The molecule has 1 aromatic carbocycles. The summed E-state index contributed by atoms with van der Waals surface area (Å²) in [5.74, 6) is 0.889. The lowest BCUT2D eigenvalue weighted by Gasteiger charge is -2.08. The number of nitrogens with one attached hydrogen (secondary N) is 1. The molecule has 0 saturated heterocycles. The van der Waals surface area contributed by atoms with Gasteiger partial charge in [-0.1, -0.05) is 18.2 Å². The first-order chi connectivity index (χ1) is 9.43. The average molecular weight is 267 g/mol. The molecule has 0 heterocycles. The Morgan fingerprint density at radius 1 is 0.895 bits per heavy atom. The molecular formula is C15H25NO3. The average Bonchev–Trinajstić information content (AvgIpc) is 2.46. The third-order valence-electron chi connectivity index (χ3n) is 2.51. The predicted octanol–water partition coefficient (Wildman–Crippen LogP) is 2.10. The van der Waals surface area contributed by atoms with Crippen LogP contribution in [0, 0.1) is 0 Å². The predicted molar refractivity (Wildman–Crippen MR) is 76.7 cm³/mol. The zero-order valence-corrected chi connectivity index (χ0v) is 11.8. The number of para-hydroxylation sites is 1. The van der Waals surface area contributed by atoms with Gasteiger partial charge in [-0.25, -0.2) is 0 Å². The van der Waals surface area contributed by atoms with Crippen molar-refractivity contribution < 1.29 is 14.2 Å². The second-order valence-corrected chi connectivity index (χ2v) is 4.07. The van der Waals surface area contributed by atoms with E-state index >= 15 is 0 Å². The zero-order chi connectivity index (χ0) is 13.6. The van der Waals surface area contributed by atoms with Crippen LogP contribution in [0.5, 0.6) is 5.75 Å². The van der Waals surface area contributed by atoms with Crippen LogP contribution >= 0.6 is 0 Å². The van der Waals surface area contributed by atoms with Gasteiger partial charge in [0.2, 0.25) is 0 Å². The highest BCUT2D eigenvalue weighted by Crippen LogP contribution is 2.07. The Labute approximate surface area is 116 Å². The smallest absolute Gasteiger partial charge is 0.119 e. The van der Waals surface area contributed by atoms with Crippen molar-refractivity contribution in [1.29, 1.82) is 0 Å². The van der Waals surface area contributed by atoms with Gasteiger partial charge in [0.15, 0.2) is 0 Å². The van der Waals surface area contributed by atoms with E-state index < -0.39 is 0 Å². The number of hydrogen-bond acceptors (Lipinski definition) is 4. The summed E-state index contributed by atoms with van der Waals surface area (Å²) in [7, 11) is 0. The molecule has 0 saturated carbocycles. The quantitative estimate of drug-likeness (QED) is 0.589. The monoisotopic (exact) mass is 267 g/mol. The van der Waals surface area contributed by atoms with Crippen LogP contribution in [0.3, 0.4) is 0 Å². The largest absolute Gasteiger partial charge is 0.491 e. The molecule has 0 fully saturated rings. The van der Waals surface area contributed by atoms with E-state index in [0.717, 1.165) is 38.5 Å². The van der Waals surface area contributed by atoms with Crippen molar-refractivity contribution in [3.05, 3.63) is 30.3 Å². The molecule has 1 rings (SSSR count). The van der Waals surface area contributed by atoms with Crippen LogP contribution in [0.1, 0.15) is 13.3 Å². The van der Waals surface area contributed by atoms with E-state index in [4.69, 9.17) is 14.2 Å².